The van der Waals surface area contributed by atoms with Gasteiger partial charge in [-0.05, 0) is 35.7 Å². The van der Waals surface area contributed by atoms with Crippen LogP contribution in [-0.2, 0) is 6.54 Å². The number of carbonyl (C=O) groups excluding carboxylic acids is 1. The number of pyridine rings is 1. The van der Waals surface area contributed by atoms with Crippen molar-refractivity contribution in [3.8, 4) is 0 Å². The van der Waals surface area contributed by atoms with E-state index in [1.807, 2.05) is 35.4 Å². The van der Waals surface area contributed by atoms with Crippen LogP contribution < -0.4 is 0 Å². The van der Waals surface area contributed by atoms with Gasteiger partial charge in [0.25, 0.3) is 5.91 Å². The average molecular weight is 308 g/mol. The second-order valence-corrected chi connectivity index (χ2v) is 6.09. The molecule has 118 valence electrons. The lowest BCUT2D eigenvalue weighted by Gasteiger charge is -2.23. The van der Waals surface area contributed by atoms with Gasteiger partial charge in [-0.3, -0.25) is 9.78 Å². The van der Waals surface area contributed by atoms with Crippen LogP contribution in [0.1, 0.15) is 30.0 Å². The van der Waals surface area contributed by atoms with Crippen LogP contribution in [0, 0.1) is 5.92 Å². The molecule has 0 aliphatic rings. The van der Waals surface area contributed by atoms with Crippen molar-refractivity contribution in [3.63, 3.8) is 0 Å². The number of amides is 1. The van der Waals surface area contributed by atoms with Gasteiger partial charge in [0.05, 0.1) is 11.8 Å². The van der Waals surface area contributed by atoms with Crippen LogP contribution in [0.2, 0.25) is 0 Å². The molecule has 0 N–H and O–H groups in total. The first-order chi connectivity index (χ1) is 11.1. The average Bonchev–Trinajstić information content (AvgIpc) is 3.07. The van der Waals surface area contributed by atoms with Gasteiger partial charge in [-0.2, -0.15) is 0 Å². The van der Waals surface area contributed by atoms with Gasteiger partial charge in [0.15, 0.2) is 5.76 Å². The van der Waals surface area contributed by atoms with Crippen LogP contribution in [0.5, 0.6) is 0 Å². The van der Waals surface area contributed by atoms with Crippen molar-refractivity contribution < 1.29 is 9.21 Å². The molecule has 0 aliphatic heterocycles. The van der Waals surface area contributed by atoms with E-state index in [-0.39, 0.29) is 5.91 Å². The van der Waals surface area contributed by atoms with Crippen molar-refractivity contribution in [2.75, 3.05) is 6.54 Å². The Bertz CT molecular complexity index is 794. The third-order valence-electron chi connectivity index (χ3n) is 3.63. The standard InChI is InChI=1S/C19H20N2O2/c1-14(2)12-21(19(22)18-8-5-9-23-18)13-15-10-16-6-3-4-7-17(16)20-11-15/h3-11,14H,12-13H2,1-2H3. The highest BCUT2D eigenvalue weighted by Crippen LogP contribution is 2.16. The first-order valence-corrected chi connectivity index (χ1v) is 7.80. The molecule has 0 atom stereocenters. The van der Waals surface area contributed by atoms with Crippen LogP contribution in [0.15, 0.2) is 59.3 Å². The summed E-state index contributed by atoms with van der Waals surface area (Å²) in [6.07, 6.45) is 3.36. The molecule has 0 fully saturated rings. The van der Waals surface area contributed by atoms with Gasteiger partial charge in [0, 0.05) is 24.7 Å². The van der Waals surface area contributed by atoms with E-state index in [4.69, 9.17) is 4.42 Å². The molecule has 0 spiro atoms. The van der Waals surface area contributed by atoms with E-state index >= 15 is 0 Å². The second kappa shape index (κ2) is 6.65. The second-order valence-electron chi connectivity index (χ2n) is 6.09. The van der Waals surface area contributed by atoms with Gasteiger partial charge in [-0.15, -0.1) is 0 Å². The predicted octanol–water partition coefficient (Wildman–Crippen LogP) is 4.13. The normalized spacial score (nSPS) is 11.1. The maximum atomic E-state index is 12.6. The molecule has 0 bridgehead atoms. The van der Waals surface area contributed by atoms with E-state index < -0.39 is 0 Å². The molecule has 0 saturated heterocycles. The van der Waals surface area contributed by atoms with E-state index in [1.54, 1.807) is 12.1 Å². The summed E-state index contributed by atoms with van der Waals surface area (Å²) in [6.45, 7) is 5.39. The fourth-order valence-corrected chi connectivity index (χ4v) is 2.64. The smallest absolute Gasteiger partial charge is 0.289 e. The summed E-state index contributed by atoms with van der Waals surface area (Å²) in [5, 5.41) is 1.08. The molecule has 2 aromatic heterocycles. The minimum Gasteiger partial charge on any atom is -0.459 e. The van der Waals surface area contributed by atoms with Crippen molar-refractivity contribution in [1.29, 1.82) is 0 Å². The molecule has 3 aromatic rings. The Morgan fingerprint density at radius 3 is 2.78 bits per heavy atom. The number of carbonyl (C=O) groups is 1. The number of para-hydroxylation sites is 1. The Hall–Kier alpha value is -2.62. The van der Waals surface area contributed by atoms with E-state index in [0.717, 1.165) is 16.5 Å². The van der Waals surface area contributed by atoms with Crippen molar-refractivity contribution in [1.82, 2.24) is 9.88 Å². The number of fused-ring (bicyclic) bond motifs is 1. The minimum absolute atomic E-state index is 0.0862. The summed E-state index contributed by atoms with van der Waals surface area (Å²) in [6, 6.07) is 13.5. The first kappa shape index (κ1) is 15.3. The van der Waals surface area contributed by atoms with Gasteiger partial charge >= 0.3 is 0 Å². The molecule has 1 aromatic carbocycles. The summed E-state index contributed by atoms with van der Waals surface area (Å²) < 4.78 is 5.26. The Morgan fingerprint density at radius 1 is 1.22 bits per heavy atom. The highest BCUT2D eigenvalue weighted by atomic mass is 16.3. The summed E-state index contributed by atoms with van der Waals surface area (Å²) in [4.78, 5) is 18.9. The van der Waals surface area contributed by atoms with Gasteiger partial charge in [0.2, 0.25) is 0 Å². The molecular formula is C19H20N2O2. The number of benzene rings is 1. The van der Waals surface area contributed by atoms with Crippen LogP contribution >= 0.6 is 0 Å². The van der Waals surface area contributed by atoms with E-state index in [9.17, 15) is 4.79 Å². The predicted molar refractivity (Wildman–Crippen MR) is 90.0 cm³/mol. The molecule has 1 amide bonds. The molecule has 3 rings (SSSR count). The summed E-state index contributed by atoms with van der Waals surface area (Å²) in [5.41, 5.74) is 1.98. The molecule has 0 radical (unpaired) electrons. The van der Waals surface area contributed by atoms with Gasteiger partial charge in [-0.25, -0.2) is 0 Å². The van der Waals surface area contributed by atoms with Crippen LogP contribution in [0.4, 0.5) is 0 Å². The summed E-state index contributed by atoms with van der Waals surface area (Å²) in [7, 11) is 0. The van der Waals surface area contributed by atoms with Crippen molar-refractivity contribution in [3.05, 3.63) is 66.2 Å². The molecular weight excluding hydrogens is 288 g/mol. The molecule has 4 nitrogen and oxygen atoms in total. The Labute approximate surface area is 135 Å². The molecule has 0 saturated carbocycles. The quantitative estimate of drug-likeness (QED) is 0.712. The van der Waals surface area contributed by atoms with Gasteiger partial charge < -0.3 is 9.32 Å². The highest BCUT2D eigenvalue weighted by Gasteiger charge is 2.19. The summed E-state index contributed by atoms with van der Waals surface area (Å²) in [5.74, 6) is 0.665. The minimum atomic E-state index is -0.0862. The fourth-order valence-electron chi connectivity index (χ4n) is 2.64. The van der Waals surface area contributed by atoms with Crippen LogP contribution in [0.25, 0.3) is 10.9 Å². The maximum absolute atomic E-state index is 12.6. The Kier molecular flexibility index (Phi) is 4.42. The maximum Gasteiger partial charge on any atom is 0.289 e. The third kappa shape index (κ3) is 3.59. The lowest BCUT2D eigenvalue weighted by molar-refractivity contribution is 0.0690. The van der Waals surface area contributed by atoms with Crippen LogP contribution in [-0.4, -0.2) is 22.3 Å². The number of hydrogen-bond acceptors (Lipinski definition) is 3. The highest BCUT2D eigenvalue weighted by molar-refractivity contribution is 5.91. The number of aromatic nitrogens is 1. The number of hydrogen-bond donors (Lipinski definition) is 0. The fraction of sp³-hybridized carbons (Fsp3) is 0.263. The van der Waals surface area contributed by atoms with Crippen LogP contribution in [0.3, 0.4) is 0 Å². The molecule has 0 aliphatic carbocycles. The van der Waals surface area contributed by atoms with Gasteiger partial charge in [0.1, 0.15) is 0 Å². The number of nitrogens with zero attached hydrogens (tertiary/aromatic N) is 2. The Balaban J connectivity index is 1.85. The van der Waals surface area contributed by atoms with E-state index in [0.29, 0.717) is 24.8 Å². The van der Waals surface area contributed by atoms with Crippen molar-refractivity contribution in [2.24, 2.45) is 5.92 Å². The summed E-state index contributed by atoms with van der Waals surface area (Å²) >= 11 is 0. The Morgan fingerprint density at radius 2 is 2.04 bits per heavy atom. The first-order valence-electron chi connectivity index (χ1n) is 7.80. The molecule has 0 unspecified atom stereocenters. The van der Waals surface area contributed by atoms with Gasteiger partial charge in [-0.1, -0.05) is 32.0 Å². The number of rotatable bonds is 5. The largest absolute Gasteiger partial charge is 0.459 e. The number of furan rings is 1. The molecule has 2 heterocycles. The zero-order valence-corrected chi connectivity index (χ0v) is 13.4. The topological polar surface area (TPSA) is 46.3 Å². The lowest BCUT2D eigenvalue weighted by atomic mass is 10.1. The molecule has 23 heavy (non-hydrogen) atoms. The SMILES string of the molecule is CC(C)CN(Cc1cnc2ccccc2c1)C(=O)c1ccco1. The zero-order valence-electron chi connectivity index (χ0n) is 13.4. The van der Waals surface area contributed by atoms with Crippen molar-refractivity contribution in [2.45, 2.75) is 20.4 Å². The third-order valence-corrected chi connectivity index (χ3v) is 3.63. The molecule has 4 heteroatoms. The van der Waals surface area contributed by atoms with E-state index in [2.05, 4.69) is 24.9 Å². The lowest BCUT2D eigenvalue weighted by Crippen LogP contribution is -2.33. The van der Waals surface area contributed by atoms with E-state index in [1.165, 1.54) is 6.26 Å². The zero-order chi connectivity index (χ0) is 16.2. The van der Waals surface area contributed by atoms with Crippen molar-refractivity contribution >= 4 is 16.8 Å². The monoisotopic (exact) mass is 308 g/mol.